The summed E-state index contributed by atoms with van der Waals surface area (Å²) in [6.45, 7) is 1.43. The lowest BCUT2D eigenvalue weighted by Crippen LogP contribution is -3.00. The highest BCUT2D eigenvalue weighted by atomic mass is 79.9. The summed E-state index contributed by atoms with van der Waals surface area (Å²) in [6.07, 6.45) is 0. The van der Waals surface area contributed by atoms with E-state index in [0.717, 1.165) is 0 Å². The highest BCUT2D eigenvalue weighted by Crippen LogP contribution is 2.31. The highest BCUT2D eigenvalue weighted by Gasteiger charge is 2.24. The summed E-state index contributed by atoms with van der Waals surface area (Å²) in [5.41, 5.74) is 0.283. The van der Waals surface area contributed by atoms with Crippen molar-refractivity contribution in [2.45, 2.75) is 11.8 Å². The average Bonchev–Trinajstić information content (AvgIpc) is 2.02. The van der Waals surface area contributed by atoms with E-state index >= 15 is 0 Å². The minimum Gasteiger partial charge on any atom is -1.00 e. The van der Waals surface area contributed by atoms with Crippen LogP contribution in [-0.4, -0.2) is 13.0 Å². The zero-order chi connectivity index (χ0) is 10.9. The maximum absolute atomic E-state index is 10.9. The van der Waals surface area contributed by atoms with Crippen LogP contribution >= 0.6 is 15.9 Å². The lowest BCUT2D eigenvalue weighted by Gasteiger charge is -2.01. The molecule has 82 valence electrons. The Balaban J connectivity index is 0.00000196. The molecule has 0 saturated heterocycles. The van der Waals surface area contributed by atoms with Gasteiger partial charge in [0.05, 0.1) is 5.56 Å². The Morgan fingerprint density at radius 3 is 2.40 bits per heavy atom. The van der Waals surface area contributed by atoms with Crippen LogP contribution in [0.5, 0.6) is 0 Å². The normalized spacial score (nSPS) is 10.3. The van der Waals surface area contributed by atoms with E-state index in [9.17, 15) is 8.42 Å². The number of hydrogen-bond acceptors (Lipinski definition) is 3. The summed E-state index contributed by atoms with van der Waals surface area (Å²) >= 11 is 2.98. The molecule has 0 spiro atoms. The zero-order valence-electron chi connectivity index (χ0n) is 7.48. The third-order valence-electron chi connectivity index (χ3n) is 1.69. The number of halogens is 2. The van der Waals surface area contributed by atoms with Gasteiger partial charge in [-0.15, -0.1) is 0 Å². The number of nitrogens with zero attached hydrogens (tertiary/aromatic N) is 2. The van der Waals surface area contributed by atoms with Crippen molar-refractivity contribution in [3.8, 4) is 0 Å². The molecule has 0 bridgehead atoms. The molecule has 5 nitrogen and oxygen atoms in total. The first-order valence-electron chi connectivity index (χ1n) is 3.49. The van der Waals surface area contributed by atoms with E-state index in [-0.39, 0.29) is 33.0 Å². The lowest BCUT2D eigenvalue weighted by atomic mass is 10.2. The molecule has 0 fully saturated rings. The molecular weight excluding hydrogens is 308 g/mol. The molecule has 0 saturated carbocycles. The topological polar surface area (TPSA) is 82.5 Å². The van der Waals surface area contributed by atoms with Gasteiger partial charge in [-0.25, -0.2) is 0 Å². The molecule has 0 aliphatic carbocycles. The fourth-order valence-corrected chi connectivity index (χ4v) is 2.92. The van der Waals surface area contributed by atoms with E-state index in [1.807, 2.05) is 0 Å². The Bertz CT molecular complexity index is 524. The van der Waals surface area contributed by atoms with Crippen molar-refractivity contribution in [2.24, 2.45) is 0 Å². The van der Waals surface area contributed by atoms with Crippen LogP contribution in [0.1, 0.15) is 5.56 Å². The molecule has 8 heteroatoms. The first-order chi connectivity index (χ1) is 6.38. The summed E-state index contributed by atoms with van der Waals surface area (Å²) < 4.78 is 31.0. The monoisotopic (exact) mass is 312 g/mol. The van der Waals surface area contributed by atoms with Crippen LogP contribution in [-0.2, 0) is 10.1 Å². The first kappa shape index (κ1) is 14.3. The number of rotatable bonds is 1. The van der Waals surface area contributed by atoms with Gasteiger partial charge in [-0.05, 0) is 28.9 Å². The molecule has 0 amide bonds. The maximum Gasteiger partial charge on any atom is 0.389 e. The molecule has 0 atom stereocenters. The van der Waals surface area contributed by atoms with Gasteiger partial charge in [0.25, 0.3) is 10.1 Å². The van der Waals surface area contributed by atoms with Gasteiger partial charge in [-0.1, -0.05) is 0 Å². The van der Waals surface area contributed by atoms with Crippen molar-refractivity contribution in [1.29, 1.82) is 5.39 Å². The van der Waals surface area contributed by atoms with Crippen molar-refractivity contribution in [2.75, 3.05) is 0 Å². The number of benzene rings is 1. The summed E-state index contributed by atoms with van der Waals surface area (Å²) in [5.74, 6) is 0. The van der Waals surface area contributed by atoms with E-state index in [1.165, 1.54) is 19.1 Å². The van der Waals surface area contributed by atoms with Crippen LogP contribution in [0.2, 0.25) is 0 Å². The van der Waals surface area contributed by atoms with Gasteiger partial charge in [0.1, 0.15) is 4.90 Å². The SMILES string of the molecule is Cc1c([N+]#N)ccc(Br)c1S(=O)(=O)O.[Cl-]. The first-order valence-corrected chi connectivity index (χ1v) is 5.73. The summed E-state index contributed by atoms with van der Waals surface area (Å²) in [4.78, 5) is 2.60. The molecule has 0 aromatic heterocycles. The van der Waals surface area contributed by atoms with Crippen molar-refractivity contribution >= 4 is 31.7 Å². The average molecular weight is 314 g/mol. The third kappa shape index (κ3) is 2.89. The predicted molar refractivity (Wildman–Crippen MR) is 53.4 cm³/mol. The van der Waals surface area contributed by atoms with E-state index < -0.39 is 10.1 Å². The largest absolute Gasteiger partial charge is 1.00 e. The van der Waals surface area contributed by atoms with Gasteiger partial charge in [-0.2, -0.15) is 8.42 Å². The standard InChI is InChI=1S/C7H5BrN2O3S.ClH/c1-4-6(10-9)3-2-5(8)7(4)14(11,12)13;/h2-3H,1H3;1H. The zero-order valence-corrected chi connectivity index (χ0v) is 10.6. The van der Waals surface area contributed by atoms with Gasteiger partial charge in [0.2, 0.25) is 5.39 Å². The van der Waals surface area contributed by atoms with E-state index in [2.05, 4.69) is 20.9 Å². The second-order valence-electron chi connectivity index (χ2n) is 2.60. The molecule has 0 unspecified atom stereocenters. The minimum absolute atomic E-state index is 0. The van der Waals surface area contributed by atoms with E-state index in [1.54, 1.807) is 0 Å². The molecule has 0 radical (unpaired) electrons. The van der Waals surface area contributed by atoms with Crippen LogP contribution in [0.3, 0.4) is 0 Å². The Morgan fingerprint density at radius 1 is 1.47 bits per heavy atom. The molecular formula is C7H6BrClN2O3S. The van der Waals surface area contributed by atoms with Gasteiger partial charge >= 0.3 is 5.69 Å². The Labute approximate surface area is 101 Å². The second kappa shape index (κ2) is 4.90. The molecule has 1 aromatic carbocycles. The summed E-state index contributed by atoms with van der Waals surface area (Å²) in [6, 6.07) is 2.80. The van der Waals surface area contributed by atoms with Gasteiger partial charge in [0.15, 0.2) is 4.98 Å². The molecule has 0 heterocycles. The Hall–Kier alpha value is -0.680. The van der Waals surface area contributed by atoms with Gasteiger partial charge in [0, 0.05) is 10.5 Å². The minimum atomic E-state index is -4.31. The summed E-state index contributed by atoms with van der Waals surface area (Å²) in [7, 11) is -4.31. The Kier molecular flexibility index (Phi) is 4.67. The van der Waals surface area contributed by atoms with Crippen LogP contribution in [0.25, 0.3) is 4.98 Å². The summed E-state index contributed by atoms with van der Waals surface area (Å²) in [5, 5.41) is 8.53. The maximum atomic E-state index is 10.9. The second-order valence-corrected chi connectivity index (χ2v) is 4.81. The van der Waals surface area contributed by atoms with Gasteiger partial charge in [-0.3, -0.25) is 4.55 Å². The van der Waals surface area contributed by atoms with Gasteiger partial charge < -0.3 is 12.4 Å². The fourth-order valence-electron chi connectivity index (χ4n) is 1.07. The number of diazo groups is 1. The molecule has 0 aliphatic rings. The van der Waals surface area contributed by atoms with Crippen LogP contribution in [0.4, 0.5) is 5.69 Å². The van der Waals surface area contributed by atoms with Crippen molar-refractivity contribution < 1.29 is 25.4 Å². The molecule has 1 N–H and O–H groups in total. The fraction of sp³-hybridized carbons (Fsp3) is 0.143. The Morgan fingerprint density at radius 2 is 2.00 bits per heavy atom. The van der Waals surface area contributed by atoms with Crippen molar-refractivity contribution in [3.63, 3.8) is 0 Å². The van der Waals surface area contributed by atoms with Crippen LogP contribution < -0.4 is 12.4 Å². The third-order valence-corrected chi connectivity index (χ3v) is 3.66. The van der Waals surface area contributed by atoms with Crippen LogP contribution in [0, 0.1) is 12.3 Å². The molecule has 15 heavy (non-hydrogen) atoms. The quantitative estimate of drug-likeness (QED) is 0.559. The highest BCUT2D eigenvalue weighted by molar-refractivity contribution is 9.10. The smallest absolute Gasteiger partial charge is 0.389 e. The van der Waals surface area contributed by atoms with E-state index in [0.29, 0.717) is 0 Å². The molecule has 1 aromatic rings. The lowest BCUT2D eigenvalue weighted by molar-refractivity contribution is -0.00000724. The molecule has 1 rings (SSSR count). The predicted octanol–water partition coefficient (Wildman–Crippen LogP) is -0.507. The number of hydrogen-bond donors (Lipinski definition) is 1. The van der Waals surface area contributed by atoms with Crippen molar-refractivity contribution in [3.05, 3.63) is 27.1 Å². The van der Waals surface area contributed by atoms with Crippen molar-refractivity contribution in [1.82, 2.24) is 0 Å². The van der Waals surface area contributed by atoms with Crippen LogP contribution in [0.15, 0.2) is 21.5 Å². The molecule has 0 aliphatic heterocycles. The van der Waals surface area contributed by atoms with E-state index in [4.69, 9.17) is 9.95 Å².